The van der Waals surface area contributed by atoms with E-state index in [1.165, 1.54) is 23.7 Å². The van der Waals surface area contributed by atoms with E-state index in [1.807, 2.05) is 0 Å². The maximum absolute atomic E-state index is 12.6. The lowest BCUT2D eigenvalue weighted by Gasteiger charge is -2.18. The number of sulfonamides is 1. The van der Waals surface area contributed by atoms with E-state index in [9.17, 15) is 8.42 Å². The number of hydrogen-bond acceptors (Lipinski definition) is 6. The van der Waals surface area contributed by atoms with Gasteiger partial charge in [-0.1, -0.05) is 18.2 Å². The Labute approximate surface area is 121 Å². The van der Waals surface area contributed by atoms with Gasteiger partial charge in [-0.05, 0) is 29.5 Å². The van der Waals surface area contributed by atoms with E-state index in [4.69, 9.17) is 0 Å². The van der Waals surface area contributed by atoms with Crippen LogP contribution in [0.1, 0.15) is 5.69 Å². The molecule has 0 bridgehead atoms. The number of aromatic nitrogens is 5. The fourth-order valence-electron chi connectivity index (χ4n) is 1.91. The highest BCUT2D eigenvalue weighted by molar-refractivity contribution is 7.92. The van der Waals surface area contributed by atoms with Crippen molar-refractivity contribution in [1.82, 2.24) is 25.0 Å². The molecular weight excluding hydrogens is 292 g/mol. The standard InChI is InChI=1S/C12H12N6O2S/c1-9-8-11-14-15-16-18(11)12(13-9)17(2)21(19,20)10-6-4-3-5-7-10/h3-8H,1-2H3. The Kier molecular flexibility index (Phi) is 3.05. The van der Waals surface area contributed by atoms with Gasteiger partial charge in [0.15, 0.2) is 5.65 Å². The molecule has 0 unspecified atom stereocenters. The van der Waals surface area contributed by atoms with Gasteiger partial charge in [0.05, 0.1) is 4.90 Å². The minimum atomic E-state index is -3.72. The maximum atomic E-state index is 12.6. The van der Waals surface area contributed by atoms with Crippen LogP contribution in [0, 0.1) is 6.92 Å². The lowest BCUT2D eigenvalue weighted by molar-refractivity contribution is 0.592. The Morgan fingerprint density at radius 2 is 1.90 bits per heavy atom. The highest BCUT2D eigenvalue weighted by atomic mass is 32.2. The summed E-state index contributed by atoms with van der Waals surface area (Å²) < 4.78 is 27.6. The lowest BCUT2D eigenvalue weighted by atomic mass is 10.4. The fraction of sp³-hybridized carbons (Fsp3) is 0.167. The van der Waals surface area contributed by atoms with Gasteiger partial charge in [0, 0.05) is 18.8 Å². The molecule has 0 fully saturated rings. The van der Waals surface area contributed by atoms with Crippen LogP contribution in [-0.2, 0) is 10.0 Å². The van der Waals surface area contributed by atoms with Gasteiger partial charge in [-0.25, -0.2) is 17.7 Å². The zero-order valence-corrected chi connectivity index (χ0v) is 12.2. The average molecular weight is 304 g/mol. The Morgan fingerprint density at radius 1 is 1.19 bits per heavy atom. The molecule has 0 atom stereocenters. The molecule has 9 heteroatoms. The van der Waals surface area contributed by atoms with E-state index in [0.717, 1.165) is 4.31 Å². The highest BCUT2D eigenvalue weighted by Crippen LogP contribution is 2.20. The minimum Gasteiger partial charge on any atom is -0.237 e. The predicted molar refractivity (Wildman–Crippen MR) is 75.3 cm³/mol. The topological polar surface area (TPSA) is 93.4 Å². The number of fused-ring (bicyclic) bond motifs is 1. The molecule has 0 spiro atoms. The molecule has 0 amide bonds. The number of aryl methyl sites for hydroxylation is 1. The molecule has 0 aliphatic rings. The number of tetrazole rings is 1. The molecule has 3 rings (SSSR count). The first-order valence-corrected chi connectivity index (χ1v) is 7.54. The van der Waals surface area contributed by atoms with E-state index in [0.29, 0.717) is 11.3 Å². The number of hydrogen-bond donors (Lipinski definition) is 0. The molecule has 8 nitrogen and oxygen atoms in total. The third kappa shape index (κ3) is 2.21. The first kappa shape index (κ1) is 13.4. The van der Waals surface area contributed by atoms with Gasteiger partial charge in [-0.3, -0.25) is 0 Å². The van der Waals surface area contributed by atoms with Crippen molar-refractivity contribution in [3.8, 4) is 0 Å². The van der Waals surface area contributed by atoms with Crippen LogP contribution in [0.3, 0.4) is 0 Å². The predicted octanol–water partition coefficient (Wildman–Crippen LogP) is 0.653. The molecule has 3 aromatic rings. The van der Waals surface area contributed by atoms with Crippen molar-refractivity contribution in [3.05, 3.63) is 42.1 Å². The molecule has 108 valence electrons. The summed E-state index contributed by atoms with van der Waals surface area (Å²) in [6, 6.07) is 9.81. The molecule has 0 saturated carbocycles. The van der Waals surface area contributed by atoms with Gasteiger partial charge in [0.1, 0.15) is 0 Å². The number of nitrogens with zero attached hydrogens (tertiary/aromatic N) is 6. The van der Waals surface area contributed by atoms with Crippen molar-refractivity contribution in [3.63, 3.8) is 0 Å². The molecule has 0 N–H and O–H groups in total. The maximum Gasteiger partial charge on any atom is 0.266 e. The first-order chi connectivity index (χ1) is 10.00. The molecule has 1 aromatic carbocycles. The third-order valence-corrected chi connectivity index (χ3v) is 4.73. The summed E-state index contributed by atoms with van der Waals surface area (Å²) in [6.07, 6.45) is 0. The summed E-state index contributed by atoms with van der Waals surface area (Å²) in [5.41, 5.74) is 1.06. The van der Waals surface area contributed by atoms with Gasteiger partial charge in [0.25, 0.3) is 10.0 Å². The van der Waals surface area contributed by atoms with Crippen molar-refractivity contribution in [1.29, 1.82) is 0 Å². The minimum absolute atomic E-state index is 0.138. The van der Waals surface area contributed by atoms with Crippen molar-refractivity contribution in [2.45, 2.75) is 11.8 Å². The summed E-state index contributed by atoms with van der Waals surface area (Å²) >= 11 is 0. The van der Waals surface area contributed by atoms with Crippen molar-refractivity contribution >= 4 is 21.6 Å². The third-order valence-electron chi connectivity index (χ3n) is 2.98. The monoisotopic (exact) mass is 304 g/mol. The Balaban J connectivity index is 2.17. The van der Waals surface area contributed by atoms with Crippen LogP contribution in [0.2, 0.25) is 0 Å². The molecule has 2 aromatic heterocycles. The van der Waals surface area contributed by atoms with E-state index in [2.05, 4.69) is 20.5 Å². The second-order valence-corrected chi connectivity index (χ2v) is 6.40. The van der Waals surface area contributed by atoms with E-state index in [1.54, 1.807) is 31.2 Å². The molecule has 0 radical (unpaired) electrons. The van der Waals surface area contributed by atoms with Crippen LogP contribution in [0.15, 0.2) is 41.3 Å². The molecule has 2 heterocycles. The zero-order valence-electron chi connectivity index (χ0n) is 11.4. The number of anilines is 1. The molecule has 0 aliphatic carbocycles. The van der Waals surface area contributed by atoms with Crippen LogP contribution in [0.25, 0.3) is 5.65 Å². The van der Waals surface area contributed by atoms with Gasteiger partial charge in [-0.2, -0.15) is 4.52 Å². The fourth-order valence-corrected chi connectivity index (χ4v) is 3.06. The first-order valence-electron chi connectivity index (χ1n) is 6.10. The average Bonchev–Trinajstić information content (AvgIpc) is 2.94. The van der Waals surface area contributed by atoms with E-state index < -0.39 is 10.0 Å². The number of benzene rings is 1. The highest BCUT2D eigenvalue weighted by Gasteiger charge is 2.25. The summed E-state index contributed by atoms with van der Waals surface area (Å²) in [5.74, 6) is 0.138. The Bertz CT molecular complexity index is 891. The summed E-state index contributed by atoms with van der Waals surface area (Å²) in [4.78, 5) is 4.41. The molecule has 21 heavy (non-hydrogen) atoms. The van der Waals surface area contributed by atoms with Crippen molar-refractivity contribution < 1.29 is 8.42 Å². The second-order valence-electron chi connectivity index (χ2n) is 4.43. The van der Waals surface area contributed by atoms with Crippen LogP contribution >= 0.6 is 0 Å². The summed E-state index contributed by atoms with van der Waals surface area (Å²) in [5, 5.41) is 11.1. The summed E-state index contributed by atoms with van der Waals surface area (Å²) in [7, 11) is -2.30. The zero-order chi connectivity index (χ0) is 15.0. The van der Waals surface area contributed by atoms with Crippen LogP contribution in [-0.4, -0.2) is 40.5 Å². The Morgan fingerprint density at radius 3 is 2.62 bits per heavy atom. The van der Waals surface area contributed by atoms with Crippen LogP contribution < -0.4 is 4.31 Å². The van der Waals surface area contributed by atoms with Crippen LogP contribution in [0.5, 0.6) is 0 Å². The van der Waals surface area contributed by atoms with Gasteiger partial charge < -0.3 is 0 Å². The molecule has 0 aliphatic heterocycles. The van der Waals surface area contributed by atoms with Crippen molar-refractivity contribution in [2.75, 3.05) is 11.4 Å². The summed E-state index contributed by atoms with van der Waals surface area (Å²) in [6.45, 7) is 1.75. The van der Waals surface area contributed by atoms with E-state index >= 15 is 0 Å². The van der Waals surface area contributed by atoms with Gasteiger partial charge in [0.2, 0.25) is 5.95 Å². The molecular formula is C12H12N6O2S. The lowest BCUT2D eigenvalue weighted by Crippen LogP contribution is -2.29. The Hall–Kier alpha value is -2.55. The number of rotatable bonds is 3. The quantitative estimate of drug-likeness (QED) is 0.705. The SMILES string of the molecule is Cc1cc2nnnn2c(N(C)S(=O)(=O)c2ccccc2)n1. The van der Waals surface area contributed by atoms with E-state index in [-0.39, 0.29) is 10.8 Å². The second kappa shape index (κ2) is 4.77. The van der Waals surface area contributed by atoms with Crippen LogP contribution in [0.4, 0.5) is 5.95 Å². The normalized spacial score (nSPS) is 11.7. The largest absolute Gasteiger partial charge is 0.266 e. The van der Waals surface area contributed by atoms with Crippen molar-refractivity contribution in [2.24, 2.45) is 0 Å². The molecule has 0 saturated heterocycles. The van der Waals surface area contributed by atoms with Gasteiger partial charge >= 0.3 is 0 Å². The van der Waals surface area contributed by atoms with Gasteiger partial charge in [-0.15, -0.1) is 5.10 Å². The smallest absolute Gasteiger partial charge is 0.237 e.